The molecule has 1 atom stereocenters. The predicted octanol–water partition coefficient (Wildman–Crippen LogP) is 3.57. The van der Waals surface area contributed by atoms with E-state index in [2.05, 4.69) is 15.3 Å². The topological polar surface area (TPSA) is 70.1 Å². The number of hydrogen-bond donors (Lipinski definition) is 1. The molecule has 1 unspecified atom stereocenters. The second kappa shape index (κ2) is 7.38. The Morgan fingerprint density at radius 1 is 1.29 bits per heavy atom. The van der Waals surface area contributed by atoms with E-state index in [1.165, 1.54) is 10.8 Å². The van der Waals surface area contributed by atoms with Crippen molar-refractivity contribution in [3.8, 4) is 5.75 Å². The average Bonchev–Trinajstić information content (AvgIpc) is 3.00. The van der Waals surface area contributed by atoms with Crippen LogP contribution in [0.25, 0.3) is 10.9 Å². The molecule has 0 saturated carbocycles. The summed E-state index contributed by atoms with van der Waals surface area (Å²) in [6.07, 6.45) is 1.71. The van der Waals surface area contributed by atoms with E-state index in [0.29, 0.717) is 28.2 Å². The van der Waals surface area contributed by atoms with E-state index in [1.54, 1.807) is 18.3 Å². The molecule has 6 nitrogen and oxygen atoms in total. The van der Waals surface area contributed by atoms with E-state index in [-0.39, 0.29) is 30.0 Å². The fourth-order valence-electron chi connectivity index (χ4n) is 2.28. The molecule has 0 spiro atoms. The molecule has 126 valence electrons. The van der Waals surface area contributed by atoms with Gasteiger partial charge in [-0.25, -0.2) is 9.37 Å². The first kappa shape index (κ1) is 17.0. The molecule has 1 N–H and O–H groups in total. The Kier molecular flexibility index (Phi) is 5.23. The van der Waals surface area contributed by atoms with E-state index < -0.39 is 6.67 Å². The van der Waals surface area contributed by atoms with Crippen LogP contribution in [0.4, 0.5) is 4.39 Å². The van der Waals surface area contributed by atoms with Crippen molar-refractivity contribution in [2.75, 3.05) is 19.8 Å². The van der Waals surface area contributed by atoms with Crippen molar-refractivity contribution in [1.82, 2.24) is 4.98 Å². The summed E-state index contributed by atoms with van der Waals surface area (Å²) in [5, 5.41) is 19.0. The van der Waals surface area contributed by atoms with Crippen LogP contribution >= 0.6 is 23.2 Å². The largest absolute Gasteiger partial charge is 0.504 e. The minimum Gasteiger partial charge on any atom is -0.504 e. The van der Waals surface area contributed by atoms with Gasteiger partial charge in [-0.15, -0.1) is 4.68 Å². The molecule has 0 fully saturated rings. The van der Waals surface area contributed by atoms with Crippen molar-refractivity contribution < 1.29 is 18.9 Å². The highest BCUT2D eigenvalue weighted by Crippen LogP contribution is 2.36. The summed E-state index contributed by atoms with van der Waals surface area (Å²) in [6, 6.07) is 4.75. The summed E-state index contributed by atoms with van der Waals surface area (Å²) in [5.74, 6) is -0.113. The SMILES string of the molecule is Oc1c(Cl)cc(Cl)c2ccc(COCC3C=[N+](CCF)N=N3)nc12. The van der Waals surface area contributed by atoms with Gasteiger partial charge in [0.2, 0.25) is 6.04 Å². The third kappa shape index (κ3) is 3.63. The van der Waals surface area contributed by atoms with Crippen LogP contribution in [0.15, 0.2) is 28.5 Å². The van der Waals surface area contributed by atoms with Gasteiger partial charge in [0.1, 0.15) is 36.8 Å². The van der Waals surface area contributed by atoms with Crippen LogP contribution in [-0.2, 0) is 11.3 Å². The van der Waals surface area contributed by atoms with Crippen LogP contribution in [0, 0.1) is 0 Å². The van der Waals surface area contributed by atoms with Gasteiger partial charge in [-0.1, -0.05) is 23.2 Å². The maximum absolute atomic E-state index is 12.2. The lowest BCUT2D eigenvalue weighted by molar-refractivity contribution is -0.532. The Balaban J connectivity index is 1.66. The zero-order chi connectivity index (χ0) is 17.1. The number of rotatable bonds is 6. The average molecular weight is 372 g/mol. The molecule has 0 bridgehead atoms. The summed E-state index contributed by atoms with van der Waals surface area (Å²) >= 11 is 12.0. The molecule has 24 heavy (non-hydrogen) atoms. The summed E-state index contributed by atoms with van der Waals surface area (Å²) in [5.41, 5.74) is 0.946. The maximum Gasteiger partial charge on any atom is 0.245 e. The van der Waals surface area contributed by atoms with Crippen molar-refractivity contribution in [2.24, 2.45) is 10.3 Å². The van der Waals surface area contributed by atoms with Crippen molar-refractivity contribution in [2.45, 2.75) is 12.6 Å². The molecular formula is C15H14Cl2FN4O2+. The first-order valence-corrected chi connectivity index (χ1v) is 7.97. The van der Waals surface area contributed by atoms with Gasteiger partial charge in [-0.05, 0) is 18.2 Å². The normalized spacial score (nSPS) is 16.8. The van der Waals surface area contributed by atoms with Crippen molar-refractivity contribution >= 4 is 40.3 Å². The molecule has 3 rings (SSSR count). The Bertz CT molecular complexity index is 829. The number of alkyl halides is 1. The van der Waals surface area contributed by atoms with Crippen LogP contribution in [0.5, 0.6) is 5.75 Å². The molecule has 2 heterocycles. The number of fused-ring (bicyclic) bond motifs is 1. The van der Waals surface area contributed by atoms with Crippen LogP contribution in [0.1, 0.15) is 5.69 Å². The van der Waals surface area contributed by atoms with Gasteiger partial charge in [-0.2, -0.15) is 0 Å². The molecule has 1 aromatic carbocycles. The van der Waals surface area contributed by atoms with E-state index in [0.717, 1.165) is 0 Å². The minimum absolute atomic E-state index is 0.113. The van der Waals surface area contributed by atoms with E-state index in [4.69, 9.17) is 27.9 Å². The molecule has 0 radical (unpaired) electrons. The van der Waals surface area contributed by atoms with Crippen molar-refractivity contribution in [3.05, 3.63) is 33.9 Å². The Morgan fingerprint density at radius 2 is 2.12 bits per heavy atom. The number of hydrogen-bond acceptors (Lipinski definition) is 5. The zero-order valence-corrected chi connectivity index (χ0v) is 14.0. The number of benzene rings is 1. The molecule has 1 aromatic heterocycles. The number of aromatic nitrogens is 1. The summed E-state index contributed by atoms with van der Waals surface area (Å²) < 4.78 is 19.2. The Labute approximate surface area is 147 Å². The van der Waals surface area contributed by atoms with Gasteiger partial charge >= 0.3 is 0 Å². The molecule has 0 aliphatic carbocycles. The lowest BCUT2D eigenvalue weighted by Crippen LogP contribution is -2.16. The number of phenolic OH excluding ortho intramolecular Hbond substituents is 1. The number of pyridine rings is 1. The Hall–Kier alpha value is -1.83. The Morgan fingerprint density at radius 3 is 2.92 bits per heavy atom. The quantitative estimate of drug-likeness (QED) is 0.789. The highest BCUT2D eigenvalue weighted by molar-refractivity contribution is 6.39. The first-order valence-electron chi connectivity index (χ1n) is 7.21. The summed E-state index contributed by atoms with van der Waals surface area (Å²) in [4.78, 5) is 4.34. The van der Waals surface area contributed by atoms with Crippen LogP contribution in [0.2, 0.25) is 10.0 Å². The summed E-state index contributed by atoms with van der Waals surface area (Å²) in [7, 11) is 0. The van der Waals surface area contributed by atoms with Crippen LogP contribution in [-0.4, -0.2) is 46.9 Å². The van der Waals surface area contributed by atoms with Gasteiger partial charge in [-0.3, -0.25) is 0 Å². The molecule has 1 aliphatic heterocycles. The van der Waals surface area contributed by atoms with Crippen molar-refractivity contribution in [1.29, 1.82) is 0 Å². The number of aromatic hydroxyl groups is 1. The smallest absolute Gasteiger partial charge is 0.245 e. The lowest BCUT2D eigenvalue weighted by Gasteiger charge is -2.08. The predicted molar refractivity (Wildman–Crippen MR) is 88.9 cm³/mol. The van der Waals surface area contributed by atoms with Gasteiger partial charge in [0.05, 0.1) is 22.3 Å². The monoisotopic (exact) mass is 371 g/mol. The van der Waals surface area contributed by atoms with Crippen LogP contribution < -0.4 is 0 Å². The lowest BCUT2D eigenvalue weighted by atomic mass is 10.2. The van der Waals surface area contributed by atoms with E-state index in [1.807, 2.05) is 0 Å². The van der Waals surface area contributed by atoms with Gasteiger partial charge in [0, 0.05) is 10.5 Å². The summed E-state index contributed by atoms with van der Waals surface area (Å²) in [6.45, 7) is 0.225. The van der Waals surface area contributed by atoms with Gasteiger partial charge in [0.15, 0.2) is 5.75 Å². The first-order chi connectivity index (χ1) is 11.6. The maximum atomic E-state index is 12.2. The zero-order valence-electron chi connectivity index (χ0n) is 12.5. The third-order valence-electron chi connectivity index (χ3n) is 3.43. The number of halogens is 3. The van der Waals surface area contributed by atoms with Crippen molar-refractivity contribution in [3.63, 3.8) is 0 Å². The third-order valence-corrected chi connectivity index (χ3v) is 4.03. The highest BCUT2D eigenvalue weighted by atomic mass is 35.5. The van der Waals surface area contributed by atoms with E-state index >= 15 is 0 Å². The molecule has 2 aromatic rings. The molecular weight excluding hydrogens is 358 g/mol. The van der Waals surface area contributed by atoms with Gasteiger partial charge < -0.3 is 9.84 Å². The molecule has 1 aliphatic rings. The fourth-order valence-corrected chi connectivity index (χ4v) is 2.80. The highest BCUT2D eigenvalue weighted by Gasteiger charge is 2.21. The number of ether oxygens (including phenoxy) is 1. The second-order valence-corrected chi connectivity index (χ2v) is 5.99. The van der Waals surface area contributed by atoms with E-state index in [9.17, 15) is 9.50 Å². The second-order valence-electron chi connectivity index (χ2n) is 5.18. The van der Waals surface area contributed by atoms with Crippen LogP contribution in [0.3, 0.4) is 0 Å². The minimum atomic E-state index is -0.487. The molecule has 0 amide bonds. The number of phenols is 1. The molecule has 9 heteroatoms. The standard InChI is InChI=1S/C15H13Cl2FN4O2/c16-12-5-13(17)15(23)14-11(12)2-1-9(19-14)7-24-8-10-6-22(4-3-18)21-20-10/h1-2,5-6,10H,3-4,7-8H2/p+1. The fraction of sp³-hybridized carbons (Fsp3) is 0.333. The number of nitrogens with zero attached hydrogens (tertiary/aromatic N) is 4. The molecule has 0 saturated heterocycles. The van der Waals surface area contributed by atoms with Gasteiger partial charge in [0.25, 0.3) is 0 Å².